The summed E-state index contributed by atoms with van der Waals surface area (Å²) in [5, 5.41) is 3.04. The molecule has 0 spiro atoms. The number of methoxy groups -OCH3 is 2. The van der Waals surface area contributed by atoms with E-state index in [9.17, 15) is 9.18 Å². The second-order valence-electron chi connectivity index (χ2n) is 6.80. The first-order valence-electron chi connectivity index (χ1n) is 9.42. The Balaban J connectivity index is 1.64. The molecule has 0 aliphatic carbocycles. The van der Waals surface area contributed by atoms with Crippen molar-refractivity contribution in [1.29, 1.82) is 0 Å². The predicted octanol–water partition coefficient (Wildman–Crippen LogP) is 1.33. The lowest BCUT2D eigenvalue weighted by molar-refractivity contribution is -0.0625. The number of nitrogens with one attached hydrogen (secondary N) is 1. The van der Waals surface area contributed by atoms with Crippen LogP contribution < -0.4 is 26.2 Å². The highest BCUT2D eigenvalue weighted by Gasteiger charge is 2.47. The van der Waals surface area contributed by atoms with Crippen molar-refractivity contribution in [1.82, 2.24) is 9.55 Å². The Morgan fingerprint density at radius 3 is 2.90 bits per heavy atom. The monoisotopic (exact) mass is 422 g/mol. The van der Waals surface area contributed by atoms with E-state index in [-0.39, 0.29) is 18.2 Å². The number of hydrogen-bond acceptors (Lipinski definition) is 9. The third-order valence-corrected chi connectivity index (χ3v) is 4.89. The Bertz CT molecular complexity index is 971. The van der Waals surface area contributed by atoms with Crippen LogP contribution in [0.3, 0.4) is 0 Å². The molecule has 3 heterocycles. The van der Waals surface area contributed by atoms with Gasteiger partial charge in [0.05, 0.1) is 12.8 Å². The molecule has 2 unspecified atom stereocenters. The summed E-state index contributed by atoms with van der Waals surface area (Å²) in [5.74, 6) is 1.43. The quantitative estimate of drug-likeness (QED) is 0.581. The summed E-state index contributed by atoms with van der Waals surface area (Å²) in [5.41, 5.74) is 5.32. The lowest BCUT2D eigenvalue weighted by atomic mass is 10.1. The van der Waals surface area contributed by atoms with Gasteiger partial charge < -0.3 is 34.7 Å². The maximum absolute atomic E-state index is 15.0. The smallest absolute Gasteiger partial charge is 0.352 e. The standard InChI is InChI=1S/C19H23FN4O6/c1-26-9-13-16(27-2)14(20)18(30-13)24-8-12-17(23-19(24)25)22-15-10(28-7-6-21)4-3-5-11(15)29-12/h3-5,8,13-14,16,18H,6-7,9,21H2,1-2H3,(H,22,23,25)/t13-,14?,16?,18-/m1/s1. The second-order valence-corrected chi connectivity index (χ2v) is 6.80. The van der Waals surface area contributed by atoms with E-state index >= 15 is 0 Å². The topological polar surface area (TPSA) is 119 Å². The van der Waals surface area contributed by atoms with Crippen LogP contribution in [0.15, 0.2) is 29.2 Å². The van der Waals surface area contributed by atoms with Crippen LogP contribution in [0.4, 0.5) is 15.9 Å². The molecule has 0 saturated carbocycles. The Morgan fingerprint density at radius 2 is 2.17 bits per heavy atom. The molecule has 1 aromatic carbocycles. The van der Waals surface area contributed by atoms with E-state index in [1.54, 1.807) is 18.2 Å². The molecular weight excluding hydrogens is 399 g/mol. The fourth-order valence-corrected chi connectivity index (χ4v) is 3.54. The first-order valence-corrected chi connectivity index (χ1v) is 9.42. The largest absolute Gasteiger partial charge is 0.490 e. The van der Waals surface area contributed by atoms with Crippen LogP contribution in [-0.2, 0) is 14.2 Å². The third kappa shape index (κ3) is 3.60. The van der Waals surface area contributed by atoms with E-state index < -0.39 is 30.3 Å². The summed E-state index contributed by atoms with van der Waals surface area (Å²) in [6, 6.07) is 5.24. The zero-order valence-electron chi connectivity index (χ0n) is 16.5. The van der Waals surface area contributed by atoms with Crippen molar-refractivity contribution in [3.8, 4) is 17.2 Å². The van der Waals surface area contributed by atoms with Gasteiger partial charge in [0.15, 0.2) is 29.7 Å². The lowest BCUT2D eigenvalue weighted by Gasteiger charge is -2.24. The zero-order valence-corrected chi connectivity index (χ0v) is 16.5. The predicted molar refractivity (Wildman–Crippen MR) is 104 cm³/mol. The Kier molecular flexibility index (Phi) is 5.86. The molecule has 2 aromatic rings. The number of benzene rings is 1. The first kappa shape index (κ1) is 20.5. The summed E-state index contributed by atoms with van der Waals surface area (Å²) in [6.45, 7) is 0.794. The molecule has 2 aliphatic rings. The van der Waals surface area contributed by atoms with Crippen molar-refractivity contribution in [2.45, 2.75) is 24.6 Å². The Hall–Kier alpha value is -2.73. The van der Waals surface area contributed by atoms with Gasteiger partial charge in [-0.15, -0.1) is 0 Å². The summed E-state index contributed by atoms with van der Waals surface area (Å²) in [7, 11) is 2.86. The van der Waals surface area contributed by atoms with Crippen molar-refractivity contribution < 1.29 is 28.1 Å². The van der Waals surface area contributed by atoms with E-state index in [1.807, 2.05) is 0 Å². The van der Waals surface area contributed by atoms with Crippen molar-refractivity contribution in [3.63, 3.8) is 0 Å². The van der Waals surface area contributed by atoms with Crippen molar-refractivity contribution in [2.24, 2.45) is 5.73 Å². The number of para-hydroxylation sites is 1. The average Bonchev–Trinajstić information content (AvgIpc) is 3.05. The van der Waals surface area contributed by atoms with E-state index in [2.05, 4.69) is 10.3 Å². The molecule has 30 heavy (non-hydrogen) atoms. The number of nitrogens with zero attached hydrogens (tertiary/aromatic N) is 2. The van der Waals surface area contributed by atoms with Gasteiger partial charge >= 0.3 is 5.69 Å². The van der Waals surface area contributed by atoms with Gasteiger partial charge in [-0.25, -0.2) is 9.18 Å². The van der Waals surface area contributed by atoms with Crippen molar-refractivity contribution in [2.75, 3.05) is 39.3 Å². The molecule has 0 radical (unpaired) electrons. The number of anilines is 2. The minimum atomic E-state index is -1.59. The average molecular weight is 422 g/mol. The molecule has 1 aromatic heterocycles. The number of aromatic nitrogens is 2. The Labute approximate surface area is 171 Å². The van der Waals surface area contributed by atoms with Crippen LogP contribution in [0.1, 0.15) is 6.23 Å². The number of alkyl halides is 1. The minimum absolute atomic E-state index is 0.125. The summed E-state index contributed by atoms with van der Waals surface area (Å²) in [6.07, 6.45) is -2.98. The number of fused-ring (bicyclic) bond motifs is 2. The molecule has 0 bridgehead atoms. The molecule has 10 nitrogen and oxygen atoms in total. The zero-order chi connectivity index (χ0) is 21.3. The van der Waals surface area contributed by atoms with E-state index in [0.29, 0.717) is 30.3 Å². The second kappa shape index (κ2) is 8.56. The molecule has 1 saturated heterocycles. The lowest BCUT2D eigenvalue weighted by Crippen LogP contribution is -2.35. The van der Waals surface area contributed by atoms with Gasteiger partial charge in [-0.2, -0.15) is 4.98 Å². The first-order chi connectivity index (χ1) is 14.6. The van der Waals surface area contributed by atoms with Gasteiger partial charge in [0, 0.05) is 20.8 Å². The molecule has 4 atom stereocenters. The summed E-state index contributed by atoms with van der Waals surface area (Å²) in [4.78, 5) is 16.6. The van der Waals surface area contributed by atoms with Crippen LogP contribution in [0.25, 0.3) is 0 Å². The maximum atomic E-state index is 15.0. The number of ether oxygens (including phenoxy) is 5. The van der Waals surface area contributed by atoms with Crippen LogP contribution in [0, 0.1) is 0 Å². The van der Waals surface area contributed by atoms with Gasteiger partial charge in [-0.3, -0.25) is 4.57 Å². The highest BCUT2D eigenvalue weighted by Crippen LogP contribution is 2.45. The van der Waals surface area contributed by atoms with Crippen LogP contribution in [-0.4, -0.2) is 61.9 Å². The normalized spacial score (nSPS) is 24.5. The molecule has 11 heteroatoms. The molecule has 162 valence electrons. The van der Waals surface area contributed by atoms with E-state index in [4.69, 9.17) is 29.4 Å². The van der Waals surface area contributed by atoms with Crippen LogP contribution in [0.5, 0.6) is 17.2 Å². The number of nitrogens with two attached hydrogens (primary N) is 1. The summed E-state index contributed by atoms with van der Waals surface area (Å²) >= 11 is 0. The SMILES string of the molecule is COC[C@H]1O[C@@H](n2cc3c(nc2=O)Nc2c(OCCN)cccc2O3)C(F)C1OC. The van der Waals surface area contributed by atoms with E-state index in [1.165, 1.54) is 20.4 Å². The third-order valence-electron chi connectivity index (χ3n) is 4.89. The van der Waals surface area contributed by atoms with E-state index in [0.717, 1.165) is 4.57 Å². The van der Waals surface area contributed by atoms with Crippen LogP contribution >= 0.6 is 0 Å². The van der Waals surface area contributed by atoms with Crippen LogP contribution in [0.2, 0.25) is 0 Å². The fourth-order valence-electron chi connectivity index (χ4n) is 3.54. The molecular formula is C19H23FN4O6. The van der Waals surface area contributed by atoms with Gasteiger partial charge in [0.25, 0.3) is 0 Å². The highest BCUT2D eigenvalue weighted by atomic mass is 19.1. The molecule has 4 rings (SSSR count). The number of halogens is 1. The van der Waals surface area contributed by atoms with Crippen molar-refractivity contribution in [3.05, 3.63) is 34.9 Å². The minimum Gasteiger partial charge on any atom is -0.490 e. The van der Waals surface area contributed by atoms with Gasteiger partial charge in [-0.05, 0) is 12.1 Å². The van der Waals surface area contributed by atoms with Crippen molar-refractivity contribution >= 4 is 11.5 Å². The molecule has 3 N–H and O–H groups in total. The highest BCUT2D eigenvalue weighted by molar-refractivity contribution is 5.77. The van der Waals surface area contributed by atoms with Gasteiger partial charge in [0.2, 0.25) is 0 Å². The molecule has 2 aliphatic heterocycles. The number of rotatable bonds is 7. The maximum Gasteiger partial charge on any atom is 0.352 e. The van der Waals surface area contributed by atoms with Gasteiger partial charge in [-0.1, -0.05) is 6.07 Å². The Morgan fingerprint density at radius 1 is 1.33 bits per heavy atom. The van der Waals surface area contributed by atoms with Gasteiger partial charge in [0.1, 0.15) is 30.3 Å². The number of hydrogen-bond donors (Lipinski definition) is 2. The molecule has 1 fully saturated rings. The molecule has 0 amide bonds. The summed E-state index contributed by atoms with van der Waals surface area (Å²) < 4.78 is 43.5. The fraction of sp³-hybridized carbons (Fsp3) is 0.474.